The van der Waals surface area contributed by atoms with Gasteiger partial charge >= 0.3 is 5.97 Å². The van der Waals surface area contributed by atoms with E-state index in [2.05, 4.69) is 13.8 Å². The predicted molar refractivity (Wildman–Crippen MR) is 112 cm³/mol. The van der Waals surface area contributed by atoms with E-state index in [0.717, 1.165) is 17.5 Å². The van der Waals surface area contributed by atoms with Crippen molar-refractivity contribution in [3.63, 3.8) is 0 Å². The highest BCUT2D eigenvalue weighted by Crippen LogP contribution is 2.26. The summed E-state index contributed by atoms with van der Waals surface area (Å²) in [6, 6.07) is 14.9. The third kappa shape index (κ3) is 6.48. The first-order valence-corrected chi connectivity index (χ1v) is 9.60. The van der Waals surface area contributed by atoms with Gasteiger partial charge in [-0.1, -0.05) is 62.4 Å². The van der Waals surface area contributed by atoms with E-state index in [1.54, 1.807) is 12.1 Å². The maximum Gasteiger partial charge on any atom is 0.321 e. The summed E-state index contributed by atoms with van der Waals surface area (Å²) in [6.07, 6.45) is 0.783. The third-order valence-corrected chi connectivity index (χ3v) is 4.30. The summed E-state index contributed by atoms with van der Waals surface area (Å²) >= 11 is 0. The topological polar surface area (TPSA) is 60.4 Å². The Kier molecular flexibility index (Phi) is 9.74. The molecule has 0 saturated carbocycles. The molecule has 2 unspecified atom stereocenters. The van der Waals surface area contributed by atoms with Crippen molar-refractivity contribution in [2.75, 3.05) is 6.61 Å². The highest BCUT2D eigenvalue weighted by molar-refractivity contribution is 7.00. The predicted octanol–water partition coefficient (Wildman–Crippen LogP) is 4.80. The molecule has 2 aromatic carbocycles. The average Bonchev–Trinajstić information content (AvgIpc) is 2.64. The quantitative estimate of drug-likeness (QED) is 0.296. The molecule has 0 radical (unpaired) electrons. The van der Waals surface area contributed by atoms with Crippen LogP contribution < -0.4 is 0 Å². The molecule has 0 aromatic heterocycles. The Balaban J connectivity index is 0.00000176. The van der Waals surface area contributed by atoms with E-state index in [0.29, 0.717) is 32.8 Å². The lowest BCUT2D eigenvalue weighted by Gasteiger charge is -2.18. The lowest BCUT2D eigenvalue weighted by atomic mass is 9.87. The molecule has 2 rings (SSSR count). The van der Waals surface area contributed by atoms with Crippen LogP contribution in [0.1, 0.15) is 53.2 Å². The molecule has 2 atom stereocenters. The summed E-state index contributed by atoms with van der Waals surface area (Å²) in [6.45, 7) is 8.27. The van der Waals surface area contributed by atoms with E-state index in [4.69, 9.17) is 9.30 Å². The minimum absolute atomic E-state index is 0.198. The molecule has 0 aliphatic rings. The summed E-state index contributed by atoms with van der Waals surface area (Å²) < 4.78 is 13.7. The summed E-state index contributed by atoms with van der Waals surface area (Å²) in [5.74, 6) is -1.15. The number of Topliss-reactive ketones (excluding diaryl/α,β-unsaturated/α-hetero) is 1. The van der Waals surface area contributed by atoms with Crippen molar-refractivity contribution in [2.24, 2.45) is 5.92 Å². The fraction of sp³-hybridized carbons (Fsp3) is 0.364. The van der Waals surface area contributed by atoms with Crippen molar-refractivity contribution in [3.8, 4) is 0 Å². The van der Waals surface area contributed by atoms with Crippen LogP contribution in [-0.4, -0.2) is 18.4 Å². The van der Waals surface area contributed by atoms with Crippen LogP contribution in [0.25, 0.3) is 0 Å². The van der Waals surface area contributed by atoms with Crippen molar-refractivity contribution < 1.29 is 18.9 Å². The van der Waals surface area contributed by atoms with Crippen LogP contribution in [0.4, 0.5) is 0 Å². The number of aryl methyl sites for hydroxylation is 2. The second-order valence-electron chi connectivity index (χ2n) is 6.82. The molecular formula is C22H29O4P. The van der Waals surface area contributed by atoms with Crippen LogP contribution in [0.15, 0.2) is 48.5 Å². The molecule has 0 fully saturated rings. The van der Waals surface area contributed by atoms with Gasteiger partial charge in [0.25, 0.3) is 0 Å². The van der Waals surface area contributed by atoms with Gasteiger partial charge in [-0.05, 0) is 42.9 Å². The van der Waals surface area contributed by atoms with Crippen molar-refractivity contribution in [2.45, 2.75) is 40.0 Å². The zero-order valence-electron chi connectivity index (χ0n) is 16.5. The minimum atomic E-state index is -0.923. The van der Waals surface area contributed by atoms with E-state index < -0.39 is 11.9 Å². The molecule has 0 amide bonds. The first-order valence-electron chi connectivity index (χ1n) is 9.02. The molecule has 0 aliphatic heterocycles. The van der Waals surface area contributed by atoms with Gasteiger partial charge in [0.2, 0.25) is 0 Å². The zero-order chi connectivity index (χ0) is 20.4. The zero-order valence-corrected chi connectivity index (χ0v) is 17.9. The van der Waals surface area contributed by atoms with Crippen LogP contribution in [-0.2, 0) is 14.1 Å². The molecule has 5 heteroatoms. The Hall–Kier alpha value is -2.19. The molecule has 0 N–H and O–H groups in total. The number of carbonyl (C=O) groups excluding carboxylic acids is 2. The number of ether oxygens (including phenoxy) is 1. The second-order valence-corrected chi connectivity index (χ2v) is 6.82. The second kappa shape index (κ2) is 11.5. The van der Waals surface area contributed by atoms with Crippen LogP contribution in [0.2, 0.25) is 0 Å². The first-order chi connectivity index (χ1) is 12.9. The number of hydrogen-bond acceptors (Lipinski definition) is 4. The normalized spacial score (nSPS) is 11.4. The Morgan fingerprint density at radius 3 is 2.00 bits per heavy atom. The standard InChI is InChI=1S/C22H26O3.H3OP/c1-15(2)13-14-25-22(24)20(18-11-6-5-7-12-18)21(23)19-16(3)9-8-10-17(19)4;1-2/h5-12,15,20H,13-14H2,1-4H3;2H3. The van der Waals surface area contributed by atoms with E-state index in [1.165, 1.54) is 0 Å². The van der Waals surface area contributed by atoms with E-state index >= 15 is 0 Å². The van der Waals surface area contributed by atoms with Crippen LogP contribution in [0, 0.1) is 19.8 Å². The lowest BCUT2D eigenvalue weighted by molar-refractivity contribution is -0.144. The van der Waals surface area contributed by atoms with Crippen LogP contribution in [0.5, 0.6) is 0 Å². The summed E-state index contributed by atoms with van der Waals surface area (Å²) in [5, 5.41) is 0. The monoisotopic (exact) mass is 388 g/mol. The minimum Gasteiger partial charge on any atom is -0.465 e. The number of rotatable bonds is 7. The van der Waals surface area contributed by atoms with Crippen LogP contribution >= 0.6 is 9.12 Å². The van der Waals surface area contributed by atoms with Crippen molar-refractivity contribution in [1.29, 1.82) is 0 Å². The van der Waals surface area contributed by atoms with Gasteiger partial charge in [-0.15, -0.1) is 0 Å². The highest BCUT2D eigenvalue weighted by Gasteiger charge is 2.32. The van der Waals surface area contributed by atoms with Gasteiger partial charge in [-0.2, -0.15) is 0 Å². The molecule has 0 heterocycles. The molecule has 0 aliphatic carbocycles. The van der Waals surface area contributed by atoms with E-state index in [1.807, 2.05) is 50.2 Å². The maximum absolute atomic E-state index is 13.2. The maximum atomic E-state index is 13.2. The number of ketones is 1. The number of carbonyl (C=O) groups is 2. The van der Waals surface area contributed by atoms with Gasteiger partial charge in [-0.3, -0.25) is 9.59 Å². The highest BCUT2D eigenvalue weighted by atomic mass is 31.0. The molecule has 27 heavy (non-hydrogen) atoms. The largest absolute Gasteiger partial charge is 0.465 e. The lowest BCUT2D eigenvalue weighted by Crippen LogP contribution is -2.26. The Labute approximate surface area is 163 Å². The first kappa shape index (κ1) is 22.9. The fourth-order valence-corrected chi connectivity index (χ4v) is 2.87. The molecular weight excluding hydrogens is 359 g/mol. The molecule has 0 saturated heterocycles. The number of benzene rings is 2. The van der Waals surface area contributed by atoms with Crippen LogP contribution in [0.3, 0.4) is 0 Å². The van der Waals surface area contributed by atoms with Crippen molar-refractivity contribution in [3.05, 3.63) is 70.8 Å². The number of esters is 1. The summed E-state index contributed by atoms with van der Waals surface area (Å²) in [4.78, 5) is 25.9. The SMILES string of the molecule is Cc1cccc(C)c1C(=O)C(C(=O)OCCC(C)C)c1ccccc1.O=[PH3]. The molecule has 146 valence electrons. The average molecular weight is 388 g/mol. The Morgan fingerprint density at radius 1 is 0.926 bits per heavy atom. The fourth-order valence-electron chi connectivity index (χ4n) is 2.87. The molecule has 4 nitrogen and oxygen atoms in total. The molecule has 0 spiro atoms. The molecule has 0 bridgehead atoms. The van der Waals surface area contributed by atoms with E-state index in [-0.39, 0.29) is 5.78 Å². The Bertz CT molecular complexity index is 736. The van der Waals surface area contributed by atoms with Gasteiger partial charge < -0.3 is 9.30 Å². The van der Waals surface area contributed by atoms with E-state index in [9.17, 15) is 9.59 Å². The summed E-state index contributed by atoms with van der Waals surface area (Å²) in [5.41, 5.74) is 3.03. The van der Waals surface area contributed by atoms with Crippen molar-refractivity contribution >= 4 is 20.9 Å². The third-order valence-electron chi connectivity index (χ3n) is 4.30. The van der Waals surface area contributed by atoms with Crippen molar-refractivity contribution in [1.82, 2.24) is 0 Å². The summed E-state index contributed by atoms with van der Waals surface area (Å²) in [7, 11) is 0.611. The molecule has 2 aromatic rings. The Morgan fingerprint density at radius 2 is 1.48 bits per heavy atom. The van der Waals surface area contributed by atoms with Gasteiger partial charge in [0.1, 0.15) is 5.92 Å². The van der Waals surface area contributed by atoms with Gasteiger partial charge in [-0.25, -0.2) is 0 Å². The number of hydrogen-bond donors (Lipinski definition) is 0. The van der Waals surface area contributed by atoms with Gasteiger partial charge in [0, 0.05) is 5.56 Å². The smallest absolute Gasteiger partial charge is 0.321 e. The van der Waals surface area contributed by atoms with Gasteiger partial charge in [0.05, 0.1) is 15.7 Å². The van der Waals surface area contributed by atoms with Gasteiger partial charge in [0.15, 0.2) is 5.78 Å².